The van der Waals surface area contributed by atoms with Crippen molar-refractivity contribution in [2.75, 3.05) is 13.2 Å². The summed E-state index contributed by atoms with van der Waals surface area (Å²) in [5.74, 6) is -0.200. The van der Waals surface area contributed by atoms with Crippen LogP contribution in [0.1, 0.15) is 27.7 Å². The Balaban J connectivity index is 4.51. The highest BCUT2D eigenvalue weighted by Gasteiger charge is 2.31. The largest absolute Gasteiger partial charge is 0.465 e. The summed E-state index contributed by atoms with van der Waals surface area (Å²) in [4.78, 5) is 23.0. The fraction of sp³-hybridized carbons (Fsp3) is 0.818. The third-order valence-electron chi connectivity index (χ3n) is 2.11. The molecule has 0 aromatic carbocycles. The van der Waals surface area contributed by atoms with Crippen LogP contribution in [0.3, 0.4) is 0 Å². The molecule has 1 N–H and O–H groups in total. The van der Waals surface area contributed by atoms with Gasteiger partial charge in [0.05, 0.1) is 19.3 Å². The SMILES string of the molecule is CCOC(=O)N[C@@H](C(C)C)[C@H](I)C(=O)OCC. The summed E-state index contributed by atoms with van der Waals surface area (Å²) in [6.45, 7) is 8.00. The molecule has 0 radical (unpaired) electrons. The van der Waals surface area contributed by atoms with Gasteiger partial charge in [0.2, 0.25) is 0 Å². The molecule has 1 amide bonds. The van der Waals surface area contributed by atoms with Crippen molar-refractivity contribution >= 4 is 34.7 Å². The molecule has 100 valence electrons. The van der Waals surface area contributed by atoms with Gasteiger partial charge in [-0.15, -0.1) is 0 Å². The summed E-state index contributed by atoms with van der Waals surface area (Å²) < 4.78 is 9.33. The number of nitrogens with one attached hydrogen (secondary N) is 1. The normalized spacial score (nSPS) is 14.0. The van der Waals surface area contributed by atoms with E-state index in [0.29, 0.717) is 13.2 Å². The van der Waals surface area contributed by atoms with Crippen LogP contribution in [-0.4, -0.2) is 35.2 Å². The molecule has 0 saturated heterocycles. The summed E-state index contributed by atoms with van der Waals surface area (Å²) in [6, 6.07) is -0.298. The van der Waals surface area contributed by atoms with Crippen molar-refractivity contribution in [3.8, 4) is 0 Å². The molecule has 0 aromatic heterocycles. The molecular formula is C11H20INO4. The highest BCUT2D eigenvalue weighted by atomic mass is 127. The lowest BCUT2D eigenvalue weighted by atomic mass is 10.0. The van der Waals surface area contributed by atoms with Gasteiger partial charge in [0.1, 0.15) is 3.92 Å². The van der Waals surface area contributed by atoms with Crippen LogP contribution in [0.2, 0.25) is 0 Å². The molecule has 0 unspecified atom stereocenters. The summed E-state index contributed by atoms with van der Waals surface area (Å²) >= 11 is 1.99. The monoisotopic (exact) mass is 357 g/mol. The first-order valence-electron chi connectivity index (χ1n) is 5.67. The predicted octanol–water partition coefficient (Wildman–Crippen LogP) is 2.12. The molecule has 2 atom stereocenters. The number of amides is 1. The molecule has 5 nitrogen and oxygen atoms in total. The lowest BCUT2D eigenvalue weighted by Gasteiger charge is -2.25. The first-order chi connectivity index (χ1) is 7.93. The van der Waals surface area contributed by atoms with Gasteiger partial charge in [-0.05, 0) is 19.8 Å². The highest BCUT2D eigenvalue weighted by Crippen LogP contribution is 2.16. The molecule has 0 spiro atoms. The van der Waals surface area contributed by atoms with E-state index in [2.05, 4.69) is 5.32 Å². The molecule has 0 aliphatic rings. The average Bonchev–Trinajstić information content (AvgIpc) is 2.25. The van der Waals surface area contributed by atoms with Crippen molar-refractivity contribution in [2.24, 2.45) is 5.92 Å². The summed E-state index contributed by atoms with van der Waals surface area (Å²) in [7, 11) is 0. The van der Waals surface area contributed by atoms with E-state index in [-0.39, 0.29) is 17.9 Å². The molecule has 0 fully saturated rings. The van der Waals surface area contributed by atoms with Gasteiger partial charge in [-0.1, -0.05) is 36.4 Å². The van der Waals surface area contributed by atoms with Gasteiger partial charge >= 0.3 is 12.1 Å². The molecule has 0 aliphatic heterocycles. The lowest BCUT2D eigenvalue weighted by Crippen LogP contribution is -2.48. The summed E-state index contributed by atoms with van der Waals surface area (Å²) in [5.41, 5.74) is 0. The van der Waals surface area contributed by atoms with Crippen molar-refractivity contribution in [1.82, 2.24) is 5.32 Å². The third kappa shape index (κ3) is 6.09. The Morgan fingerprint density at radius 1 is 1.18 bits per heavy atom. The Kier molecular flexibility index (Phi) is 8.28. The van der Waals surface area contributed by atoms with Crippen molar-refractivity contribution in [1.29, 1.82) is 0 Å². The standard InChI is InChI=1S/C11H20INO4/c1-5-16-10(14)8(12)9(7(3)4)13-11(15)17-6-2/h7-9H,5-6H2,1-4H3,(H,13,15)/t8-,9-/m0/s1. The van der Waals surface area contributed by atoms with Crippen LogP contribution in [0.15, 0.2) is 0 Å². The van der Waals surface area contributed by atoms with E-state index in [4.69, 9.17) is 9.47 Å². The average molecular weight is 357 g/mol. The van der Waals surface area contributed by atoms with Gasteiger partial charge in [0.25, 0.3) is 0 Å². The minimum Gasteiger partial charge on any atom is -0.465 e. The second-order valence-corrected chi connectivity index (χ2v) is 5.13. The van der Waals surface area contributed by atoms with Crippen LogP contribution < -0.4 is 5.32 Å². The molecule has 0 saturated carbocycles. The topological polar surface area (TPSA) is 64.6 Å². The van der Waals surface area contributed by atoms with Gasteiger partial charge in [-0.25, -0.2) is 4.79 Å². The molecule has 17 heavy (non-hydrogen) atoms. The second-order valence-electron chi connectivity index (χ2n) is 3.79. The number of hydrogen-bond acceptors (Lipinski definition) is 4. The van der Waals surface area contributed by atoms with Crippen molar-refractivity contribution in [2.45, 2.75) is 37.7 Å². The van der Waals surface area contributed by atoms with Crippen LogP contribution in [0.4, 0.5) is 4.79 Å². The highest BCUT2D eigenvalue weighted by molar-refractivity contribution is 14.1. The third-order valence-corrected chi connectivity index (χ3v) is 3.39. The Morgan fingerprint density at radius 3 is 2.12 bits per heavy atom. The van der Waals surface area contributed by atoms with Crippen molar-refractivity contribution in [3.63, 3.8) is 0 Å². The van der Waals surface area contributed by atoms with Crippen LogP contribution in [0.5, 0.6) is 0 Å². The molecule has 6 heteroatoms. The molecule has 0 rings (SSSR count). The fourth-order valence-corrected chi connectivity index (χ4v) is 2.45. The number of rotatable bonds is 6. The van der Waals surface area contributed by atoms with Gasteiger partial charge in [-0.2, -0.15) is 0 Å². The molecule has 0 aliphatic carbocycles. The number of carbonyl (C=O) groups excluding carboxylic acids is 2. The van der Waals surface area contributed by atoms with E-state index in [1.807, 2.05) is 36.4 Å². The van der Waals surface area contributed by atoms with Gasteiger partial charge in [0, 0.05) is 0 Å². The number of hydrogen-bond donors (Lipinski definition) is 1. The van der Waals surface area contributed by atoms with E-state index < -0.39 is 10.0 Å². The number of alkyl carbamates (subject to hydrolysis) is 1. The zero-order valence-electron chi connectivity index (χ0n) is 10.7. The lowest BCUT2D eigenvalue weighted by molar-refractivity contribution is -0.142. The Hall–Kier alpha value is -0.530. The minimum absolute atomic E-state index is 0.116. The van der Waals surface area contributed by atoms with Crippen LogP contribution in [0, 0.1) is 5.92 Å². The summed E-state index contributed by atoms with van der Waals surface area (Å²) in [6.07, 6.45) is -0.503. The quantitative estimate of drug-likeness (QED) is 0.449. The second kappa shape index (κ2) is 8.54. The number of esters is 1. The minimum atomic E-state index is -0.503. The van der Waals surface area contributed by atoms with Gasteiger partial charge in [0.15, 0.2) is 0 Å². The fourth-order valence-electron chi connectivity index (χ4n) is 1.26. The van der Waals surface area contributed by atoms with Gasteiger partial charge < -0.3 is 14.8 Å². The summed E-state index contributed by atoms with van der Waals surface area (Å²) in [5, 5.41) is 2.69. The maximum Gasteiger partial charge on any atom is 0.407 e. The van der Waals surface area contributed by atoms with Gasteiger partial charge in [-0.3, -0.25) is 4.79 Å². The van der Waals surface area contributed by atoms with Crippen molar-refractivity contribution < 1.29 is 19.1 Å². The Morgan fingerprint density at radius 2 is 1.71 bits per heavy atom. The predicted molar refractivity (Wildman–Crippen MR) is 73.2 cm³/mol. The van der Waals surface area contributed by atoms with Crippen molar-refractivity contribution in [3.05, 3.63) is 0 Å². The van der Waals surface area contributed by atoms with Crippen LogP contribution >= 0.6 is 22.6 Å². The number of ether oxygens (including phenoxy) is 2. The van der Waals surface area contributed by atoms with E-state index >= 15 is 0 Å². The van der Waals surface area contributed by atoms with E-state index in [1.54, 1.807) is 13.8 Å². The smallest absolute Gasteiger partial charge is 0.407 e. The van der Waals surface area contributed by atoms with E-state index in [1.165, 1.54) is 0 Å². The first kappa shape index (κ1) is 16.5. The molecule has 0 bridgehead atoms. The molecule has 0 heterocycles. The maximum absolute atomic E-state index is 11.6. The van der Waals surface area contributed by atoms with Crippen LogP contribution in [0.25, 0.3) is 0 Å². The number of carbonyl (C=O) groups is 2. The zero-order chi connectivity index (χ0) is 13.4. The van der Waals surface area contributed by atoms with Crippen LogP contribution in [-0.2, 0) is 14.3 Å². The van der Waals surface area contributed by atoms with E-state index in [9.17, 15) is 9.59 Å². The molecule has 0 aromatic rings. The first-order valence-corrected chi connectivity index (χ1v) is 6.92. The molecular weight excluding hydrogens is 337 g/mol. The number of alkyl halides is 1. The Bertz CT molecular complexity index is 258. The maximum atomic E-state index is 11.6. The number of halogens is 1. The Labute approximate surface area is 116 Å². The zero-order valence-corrected chi connectivity index (χ0v) is 12.8. The van der Waals surface area contributed by atoms with E-state index in [0.717, 1.165) is 0 Å².